The Kier molecular flexibility index (Phi) is 32.0. The standard InChI is InChI=1S/C24H38.C22H33F.C21H31F.C20H29F.CH4/c1-3-4-5-6-20-9-13-22(14-10-20)24-17-15-23(16-18-24)21-11-7-19(2)8-12-21;1-2-3-4-17-5-7-18(8-6-17)19-9-11-20(12-10-19)21-13-15-22(23)16-14-21;1-2-3-16-4-6-17(7-5-16)18-8-10-19(11-9-18)20-12-14-21(22)15-13-20;1-2-15-3-5-16(6-4-15)17-7-9-18(10-8-17)19-11-13-20(21)14-12-19;/h7-8,11-12,20,22-24H,3-6,9-10,13-18H2,1-2H3;13-20H,2-12H2,1H3;12-19H,2-11H2,1H3;11-18H,2-10H2,1H3;1H4. The quantitative estimate of drug-likeness (QED) is 0.0871. The molecule has 0 heterocycles. The van der Waals surface area contributed by atoms with E-state index in [4.69, 9.17) is 0 Å². The zero-order valence-corrected chi connectivity index (χ0v) is 58.3. The van der Waals surface area contributed by atoms with Gasteiger partial charge in [0, 0.05) is 0 Å². The van der Waals surface area contributed by atoms with Gasteiger partial charge in [-0.25, -0.2) is 13.2 Å². The van der Waals surface area contributed by atoms with Crippen LogP contribution in [0.15, 0.2) is 97.1 Å². The maximum Gasteiger partial charge on any atom is 0.123 e. The van der Waals surface area contributed by atoms with Crippen molar-refractivity contribution in [2.24, 2.45) is 71.0 Å². The van der Waals surface area contributed by atoms with E-state index in [2.05, 4.69) is 58.9 Å². The first-order chi connectivity index (χ1) is 44.0. The number of benzene rings is 4. The maximum atomic E-state index is 13.1. The summed E-state index contributed by atoms with van der Waals surface area (Å²) in [7, 11) is 0. The van der Waals surface area contributed by atoms with Crippen molar-refractivity contribution in [1.29, 1.82) is 0 Å². The fraction of sp³-hybridized carbons (Fsp3) is 0.727. The highest BCUT2D eigenvalue weighted by Crippen LogP contribution is 2.49. The van der Waals surface area contributed by atoms with Gasteiger partial charge < -0.3 is 0 Å². The Morgan fingerprint density at radius 3 is 0.736 bits per heavy atom. The summed E-state index contributed by atoms with van der Waals surface area (Å²) in [5.74, 6) is 14.7. The Balaban J connectivity index is 0.000000156. The molecule has 0 saturated heterocycles. The van der Waals surface area contributed by atoms with E-state index in [9.17, 15) is 13.2 Å². The SMILES string of the molecule is C.CCC1CCC(C2CCC(c3ccc(F)cc3)CC2)CC1.CCCC1CCC(C2CCC(c3ccc(F)cc3)CC2)CC1.CCCCC1CCC(C2CCC(c3ccc(F)cc3)CC2)CC1.CCCCCC1CCC(C2CCC(c3ccc(C)cc3)CC2)CC1. The third kappa shape index (κ3) is 23.5. The zero-order chi connectivity index (χ0) is 62.9. The van der Waals surface area contributed by atoms with Crippen molar-refractivity contribution >= 4 is 0 Å². The second-order valence-electron chi connectivity index (χ2n) is 32.0. The summed E-state index contributed by atoms with van der Waals surface area (Å²) >= 11 is 0. The monoisotopic (exact) mass is 1250 g/mol. The molecule has 8 fully saturated rings. The molecule has 0 aromatic heterocycles. The van der Waals surface area contributed by atoms with Crippen LogP contribution in [0.25, 0.3) is 0 Å². The number of unbranched alkanes of at least 4 members (excludes halogenated alkanes) is 3. The van der Waals surface area contributed by atoms with Gasteiger partial charge in [-0.15, -0.1) is 0 Å². The van der Waals surface area contributed by atoms with Crippen molar-refractivity contribution in [3.63, 3.8) is 0 Å². The molecule has 0 amide bonds. The Morgan fingerprint density at radius 2 is 0.484 bits per heavy atom. The number of hydrogen-bond donors (Lipinski definition) is 0. The van der Waals surface area contributed by atoms with Crippen LogP contribution in [0, 0.1) is 95.4 Å². The van der Waals surface area contributed by atoms with Crippen LogP contribution in [-0.4, -0.2) is 0 Å². The Hall–Kier alpha value is -3.33. The van der Waals surface area contributed by atoms with Gasteiger partial charge in [-0.3, -0.25) is 0 Å². The molecule has 91 heavy (non-hydrogen) atoms. The predicted octanol–water partition coefficient (Wildman–Crippen LogP) is 28.4. The van der Waals surface area contributed by atoms with Gasteiger partial charge in [-0.05, 0) is 314 Å². The number of hydrogen-bond acceptors (Lipinski definition) is 0. The minimum Gasteiger partial charge on any atom is -0.207 e. The first-order valence-electron chi connectivity index (χ1n) is 39.4. The first kappa shape index (κ1) is 73.5. The van der Waals surface area contributed by atoms with Crippen LogP contribution in [0.1, 0.15) is 356 Å². The van der Waals surface area contributed by atoms with Gasteiger partial charge in [0.15, 0.2) is 0 Å². The molecule has 0 N–H and O–H groups in total. The topological polar surface area (TPSA) is 0 Å². The Bertz CT molecular complexity index is 2470. The van der Waals surface area contributed by atoms with Crippen LogP contribution in [0.4, 0.5) is 13.2 Å². The van der Waals surface area contributed by atoms with Crippen LogP contribution < -0.4 is 0 Å². The Labute approximate surface area is 558 Å². The van der Waals surface area contributed by atoms with Crippen LogP contribution in [0.5, 0.6) is 0 Å². The molecule has 8 aliphatic carbocycles. The number of rotatable bonds is 18. The second kappa shape index (κ2) is 39.6. The molecule has 3 heteroatoms. The van der Waals surface area contributed by atoms with E-state index in [1.165, 1.54) is 292 Å². The maximum absolute atomic E-state index is 13.1. The first-order valence-corrected chi connectivity index (χ1v) is 39.4. The summed E-state index contributed by atoms with van der Waals surface area (Å²) in [6.45, 7) is 11.5. The fourth-order valence-electron chi connectivity index (χ4n) is 20.2. The molecule has 12 rings (SSSR count). The molecule has 0 aliphatic heterocycles. The van der Waals surface area contributed by atoms with Gasteiger partial charge in [0.05, 0.1) is 0 Å². The van der Waals surface area contributed by atoms with E-state index in [-0.39, 0.29) is 24.9 Å². The normalized spacial score (nSPS) is 32.0. The lowest BCUT2D eigenvalue weighted by molar-refractivity contribution is 0.155. The predicted molar refractivity (Wildman–Crippen MR) is 387 cm³/mol. The van der Waals surface area contributed by atoms with Crippen molar-refractivity contribution in [1.82, 2.24) is 0 Å². The summed E-state index contributed by atoms with van der Waals surface area (Å²) in [5, 5.41) is 0. The molecule has 508 valence electrons. The van der Waals surface area contributed by atoms with Gasteiger partial charge in [-0.2, -0.15) is 0 Å². The van der Waals surface area contributed by atoms with E-state index < -0.39 is 0 Å². The summed E-state index contributed by atoms with van der Waals surface area (Å²) < 4.78 is 39.1. The van der Waals surface area contributed by atoms with Crippen LogP contribution in [-0.2, 0) is 0 Å². The molecular formula is C88H135F3. The molecule has 8 saturated carbocycles. The highest BCUT2D eigenvalue weighted by atomic mass is 19.1. The average molecular weight is 1250 g/mol. The highest BCUT2D eigenvalue weighted by molar-refractivity contribution is 5.26. The van der Waals surface area contributed by atoms with E-state index in [1.807, 2.05) is 36.4 Å². The van der Waals surface area contributed by atoms with E-state index in [0.717, 1.165) is 76.9 Å². The minimum atomic E-state index is -0.111. The van der Waals surface area contributed by atoms with Crippen molar-refractivity contribution in [2.45, 2.75) is 335 Å². The molecule has 0 nitrogen and oxygen atoms in total. The van der Waals surface area contributed by atoms with Gasteiger partial charge in [0.2, 0.25) is 0 Å². The van der Waals surface area contributed by atoms with Gasteiger partial charge in [0.1, 0.15) is 17.5 Å². The van der Waals surface area contributed by atoms with Crippen molar-refractivity contribution in [3.8, 4) is 0 Å². The fourth-order valence-corrected chi connectivity index (χ4v) is 20.2. The second-order valence-corrected chi connectivity index (χ2v) is 32.0. The highest BCUT2D eigenvalue weighted by Gasteiger charge is 2.35. The molecular weight excluding hydrogens is 1110 g/mol. The lowest BCUT2D eigenvalue weighted by atomic mass is 9.68. The summed E-state index contributed by atoms with van der Waals surface area (Å²) in [4.78, 5) is 0. The lowest BCUT2D eigenvalue weighted by Crippen LogP contribution is -2.25. The zero-order valence-electron chi connectivity index (χ0n) is 58.3. The molecule has 4 aromatic carbocycles. The van der Waals surface area contributed by atoms with Crippen molar-refractivity contribution in [2.75, 3.05) is 0 Å². The van der Waals surface area contributed by atoms with Crippen LogP contribution in [0.3, 0.4) is 0 Å². The molecule has 0 spiro atoms. The molecule has 4 aromatic rings. The molecule has 0 bridgehead atoms. The van der Waals surface area contributed by atoms with Crippen LogP contribution >= 0.6 is 0 Å². The third-order valence-electron chi connectivity index (χ3n) is 26.3. The minimum absolute atomic E-state index is 0. The summed E-state index contributed by atoms with van der Waals surface area (Å²) in [5.41, 5.74) is 7.05. The van der Waals surface area contributed by atoms with Crippen molar-refractivity contribution in [3.05, 3.63) is 142 Å². The van der Waals surface area contributed by atoms with E-state index in [1.54, 1.807) is 42.0 Å². The summed E-state index contributed by atoms with van der Waals surface area (Å²) in [6, 6.07) is 31.0. The van der Waals surface area contributed by atoms with Gasteiger partial charge >= 0.3 is 0 Å². The molecule has 8 aliphatic rings. The van der Waals surface area contributed by atoms with Crippen LogP contribution in [0.2, 0.25) is 0 Å². The lowest BCUT2D eigenvalue weighted by Gasteiger charge is -2.38. The molecule has 0 radical (unpaired) electrons. The van der Waals surface area contributed by atoms with Gasteiger partial charge in [0.25, 0.3) is 0 Å². The number of halogens is 3. The van der Waals surface area contributed by atoms with E-state index in [0.29, 0.717) is 17.8 Å². The summed E-state index contributed by atoms with van der Waals surface area (Å²) in [6.07, 6.45) is 60.3. The van der Waals surface area contributed by atoms with E-state index >= 15 is 0 Å². The average Bonchev–Trinajstić information content (AvgIpc) is 3.66. The van der Waals surface area contributed by atoms with Gasteiger partial charge in [-0.1, -0.05) is 217 Å². The number of aryl methyl sites for hydroxylation is 1. The molecule has 0 atom stereocenters. The smallest absolute Gasteiger partial charge is 0.123 e. The third-order valence-corrected chi connectivity index (χ3v) is 26.3. The molecule has 0 unspecified atom stereocenters. The van der Waals surface area contributed by atoms with Crippen molar-refractivity contribution < 1.29 is 13.2 Å². The Morgan fingerprint density at radius 1 is 0.253 bits per heavy atom. The largest absolute Gasteiger partial charge is 0.207 e.